The van der Waals surface area contributed by atoms with Gasteiger partial charge in [0.2, 0.25) is 5.91 Å². The van der Waals surface area contributed by atoms with Crippen molar-refractivity contribution in [2.24, 2.45) is 11.3 Å². The molecule has 14 heavy (non-hydrogen) atoms. The fourth-order valence-electron chi connectivity index (χ4n) is 0.991. The van der Waals surface area contributed by atoms with Gasteiger partial charge >= 0.3 is 0 Å². The lowest BCUT2D eigenvalue weighted by atomic mass is 9.92. The van der Waals surface area contributed by atoms with Crippen molar-refractivity contribution in [1.29, 1.82) is 0 Å². The molecule has 0 rings (SSSR count). The van der Waals surface area contributed by atoms with Gasteiger partial charge in [0.25, 0.3) is 0 Å². The molecule has 0 aromatic heterocycles. The van der Waals surface area contributed by atoms with Crippen LogP contribution in [0.25, 0.3) is 0 Å². The fourth-order valence-corrected chi connectivity index (χ4v) is 1.07. The number of alkyl halides is 1. The molecule has 0 fully saturated rings. The zero-order valence-electron chi connectivity index (χ0n) is 9.86. The van der Waals surface area contributed by atoms with Crippen LogP contribution in [0.3, 0.4) is 0 Å². The van der Waals surface area contributed by atoms with Crippen molar-refractivity contribution in [3.8, 4) is 0 Å². The summed E-state index contributed by atoms with van der Waals surface area (Å²) in [5, 5.41) is 2.88. The van der Waals surface area contributed by atoms with E-state index in [4.69, 9.17) is 11.6 Å². The van der Waals surface area contributed by atoms with Crippen LogP contribution in [-0.2, 0) is 4.79 Å². The molecule has 0 radical (unpaired) electrons. The van der Waals surface area contributed by atoms with Gasteiger partial charge in [-0.25, -0.2) is 0 Å². The average molecular weight is 220 g/mol. The first-order chi connectivity index (χ1) is 6.22. The Morgan fingerprint density at radius 2 is 1.86 bits per heavy atom. The van der Waals surface area contributed by atoms with Crippen molar-refractivity contribution in [2.75, 3.05) is 6.54 Å². The topological polar surface area (TPSA) is 29.1 Å². The van der Waals surface area contributed by atoms with E-state index >= 15 is 0 Å². The lowest BCUT2D eigenvalue weighted by Gasteiger charge is -2.19. The van der Waals surface area contributed by atoms with Gasteiger partial charge in [0.1, 0.15) is 0 Å². The number of carbonyl (C=O) groups is 1. The summed E-state index contributed by atoms with van der Waals surface area (Å²) in [4.78, 5) is 11.4. The molecular weight excluding hydrogens is 198 g/mol. The molecule has 0 aromatic rings. The molecule has 0 bridgehead atoms. The van der Waals surface area contributed by atoms with Crippen LogP contribution in [0.5, 0.6) is 0 Å². The van der Waals surface area contributed by atoms with Gasteiger partial charge in [-0.2, -0.15) is 0 Å². The van der Waals surface area contributed by atoms with Crippen LogP contribution >= 0.6 is 11.6 Å². The molecule has 1 N–H and O–H groups in total. The van der Waals surface area contributed by atoms with Gasteiger partial charge in [-0.1, -0.05) is 34.6 Å². The monoisotopic (exact) mass is 219 g/mol. The van der Waals surface area contributed by atoms with E-state index in [2.05, 4.69) is 5.32 Å². The maximum atomic E-state index is 11.4. The Kier molecular flexibility index (Phi) is 5.50. The van der Waals surface area contributed by atoms with Crippen LogP contribution in [0.1, 0.15) is 41.0 Å². The van der Waals surface area contributed by atoms with Gasteiger partial charge in [0.15, 0.2) is 0 Å². The molecule has 84 valence electrons. The van der Waals surface area contributed by atoms with Crippen molar-refractivity contribution >= 4 is 17.5 Å². The number of carbonyl (C=O) groups excluding carboxylic acids is 1. The standard InChI is InChI=1S/C11H22ClNO/c1-8(2)9(12)7-13-10(14)6-11(3,4)5/h8-9H,6-7H2,1-5H3,(H,13,14). The summed E-state index contributed by atoms with van der Waals surface area (Å²) in [6, 6.07) is 0. The fraction of sp³-hybridized carbons (Fsp3) is 0.909. The zero-order valence-corrected chi connectivity index (χ0v) is 10.6. The lowest BCUT2D eigenvalue weighted by Crippen LogP contribution is -2.33. The van der Waals surface area contributed by atoms with Gasteiger partial charge in [-0.05, 0) is 11.3 Å². The second kappa shape index (κ2) is 5.59. The number of amides is 1. The number of hydrogen-bond donors (Lipinski definition) is 1. The van der Waals surface area contributed by atoms with Gasteiger partial charge in [0.05, 0.1) is 5.38 Å². The van der Waals surface area contributed by atoms with E-state index in [1.807, 2.05) is 34.6 Å². The van der Waals surface area contributed by atoms with Crippen molar-refractivity contribution in [3.63, 3.8) is 0 Å². The van der Waals surface area contributed by atoms with E-state index in [1.165, 1.54) is 0 Å². The average Bonchev–Trinajstić information content (AvgIpc) is 1.96. The minimum Gasteiger partial charge on any atom is -0.355 e. The van der Waals surface area contributed by atoms with E-state index in [1.54, 1.807) is 0 Å². The summed E-state index contributed by atoms with van der Waals surface area (Å²) in [6.07, 6.45) is 0.550. The second-order valence-electron chi connectivity index (χ2n) is 5.30. The Morgan fingerprint density at radius 1 is 1.36 bits per heavy atom. The highest BCUT2D eigenvalue weighted by Crippen LogP contribution is 2.18. The summed E-state index contributed by atoms with van der Waals surface area (Å²) in [7, 11) is 0. The Morgan fingerprint density at radius 3 is 2.21 bits per heavy atom. The third-order valence-electron chi connectivity index (χ3n) is 1.91. The van der Waals surface area contributed by atoms with Crippen LogP contribution in [-0.4, -0.2) is 17.8 Å². The maximum absolute atomic E-state index is 11.4. The molecular formula is C11H22ClNO. The van der Waals surface area contributed by atoms with E-state index in [0.717, 1.165) is 0 Å². The minimum absolute atomic E-state index is 0.0268. The van der Waals surface area contributed by atoms with E-state index in [0.29, 0.717) is 18.9 Å². The first kappa shape index (κ1) is 13.8. The normalized spacial score (nSPS) is 14.2. The molecule has 0 aliphatic carbocycles. The molecule has 0 aliphatic heterocycles. The van der Waals surface area contributed by atoms with Crippen LogP contribution in [0.15, 0.2) is 0 Å². The summed E-state index contributed by atoms with van der Waals surface area (Å²) < 4.78 is 0. The Bertz CT molecular complexity index is 184. The quantitative estimate of drug-likeness (QED) is 0.724. The van der Waals surface area contributed by atoms with E-state index < -0.39 is 0 Å². The molecule has 0 aliphatic rings. The SMILES string of the molecule is CC(C)C(Cl)CNC(=O)CC(C)(C)C. The first-order valence-electron chi connectivity index (χ1n) is 5.13. The largest absolute Gasteiger partial charge is 0.355 e. The van der Waals surface area contributed by atoms with Gasteiger partial charge in [-0.3, -0.25) is 4.79 Å². The predicted molar refractivity (Wildman–Crippen MR) is 61.6 cm³/mol. The third-order valence-corrected chi connectivity index (χ3v) is 2.57. The Hall–Kier alpha value is -0.240. The van der Waals surface area contributed by atoms with Crippen LogP contribution in [0.2, 0.25) is 0 Å². The van der Waals surface area contributed by atoms with Crippen molar-refractivity contribution in [1.82, 2.24) is 5.32 Å². The second-order valence-corrected chi connectivity index (χ2v) is 5.86. The Labute approximate surface area is 92.4 Å². The molecule has 2 nitrogen and oxygen atoms in total. The van der Waals surface area contributed by atoms with Crippen molar-refractivity contribution in [2.45, 2.75) is 46.4 Å². The number of halogens is 1. The number of rotatable bonds is 4. The van der Waals surface area contributed by atoms with E-state index in [9.17, 15) is 4.79 Å². The predicted octanol–water partition coefficient (Wildman–Crippen LogP) is 2.80. The van der Waals surface area contributed by atoms with Crippen LogP contribution in [0.4, 0.5) is 0 Å². The molecule has 0 saturated heterocycles. The van der Waals surface area contributed by atoms with Gasteiger partial charge < -0.3 is 5.32 Å². The zero-order chi connectivity index (χ0) is 11.4. The van der Waals surface area contributed by atoms with Gasteiger partial charge in [-0.15, -0.1) is 11.6 Å². The molecule has 1 atom stereocenters. The highest BCUT2D eigenvalue weighted by Gasteiger charge is 2.17. The summed E-state index contributed by atoms with van der Waals surface area (Å²) >= 11 is 6.02. The summed E-state index contributed by atoms with van der Waals surface area (Å²) in [5.74, 6) is 0.482. The summed E-state index contributed by atoms with van der Waals surface area (Å²) in [6.45, 7) is 10.8. The molecule has 0 saturated carbocycles. The van der Waals surface area contributed by atoms with E-state index in [-0.39, 0.29) is 16.7 Å². The molecule has 0 aromatic carbocycles. The Balaban J connectivity index is 3.75. The van der Waals surface area contributed by atoms with Crippen molar-refractivity contribution in [3.05, 3.63) is 0 Å². The smallest absolute Gasteiger partial charge is 0.220 e. The van der Waals surface area contributed by atoms with Gasteiger partial charge in [0, 0.05) is 13.0 Å². The molecule has 0 heterocycles. The molecule has 1 amide bonds. The molecule has 3 heteroatoms. The lowest BCUT2D eigenvalue weighted by molar-refractivity contribution is -0.122. The van der Waals surface area contributed by atoms with Crippen molar-refractivity contribution < 1.29 is 4.79 Å². The molecule has 0 spiro atoms. The summed E-state index contributed by atoms with van der Waals surface area (Å²) in [5.41, 5.74) is 0.0454. The third kappa shape index (κ3) is 7.19. The highest BCUT2D eigenvalue weighted by atomic mass is 35.5. The number of nitrogens with one attached hydrogen (secondary N) is 1. The maximum Gasteiger partial charge on any atom is 0.220 e. The minimum atomic E-state index is 0.0268. The first-order valence-corrected chi connectivity index (χ1v) is 5.57. The molecule has 1 unspecified atom stereocenters. The van der Waals surface area contributed by atoms with Crippen LogP contribution in [0, 0.1) is 11.3 Å². The van der Waals surface area contributed by atoms with Crippen LogP contribution < -0.4 is 5.32 Å². The highest BCUT2D eigenvalue weighted by molar-refractivity contribution is 6.21. The number of hydrogen-bond acceptors (Lipinski definition) is 1.